The lowest BCUT2D eigenvalue weighted by Crippen LogP contribution is -2.19. The van der Waals surface area contributed by atoms with Crippen LogP contribution >= 0.6 is 0 Å². The molecule has 1 unspecified atom stereocenters. The highest BCUT2D eigenvalue weighted by Gasteiger charge is 2.40. The molecule has 0 aliphatic carbocycles. The molecule has 1 aromatic carbocycles. The normalized spacial score (nSPS) is 13.0. The van der Waals surface area contributed by atoms with Crippen LogP contribution in [0.2, 0.25) is 0 Å². The zero-order chi connectivity index (χ0) is 21.1. The van der Waals surface area contributed by atoms with Crippen LogP contribution in [0, 0.1) is 11.9 Å². The quantitative estimate of drug-likeness (QED) is 0.610. The number of nitrogens with zero attached hydrogens (tertiary/aromatic N) is 1. The minimum absolute atomic E-state index is 0.0709. The van der Waals surface area contributed by atoms with Crippen LogP contribution < -0.4 is 5.32 Å². The number of halogens is 4. The van der Waals surface area contributed by atoms with Crippen LogP contribution in [0.1, 0.15) is 54.6 Å². The topological polar surface area (TPSA) is 43.3 Å². The van der Waals surface area contributed by atoms with E-state index in [4.69, 9.17) is 4.74 Å². The molecule has 1 N–H and O–H groups in total. The van der Waals surface area contributed by atoms with Gasteiger partial charge < -0.3 is 10.1 Å². The molecule has 0 aliphatic rings. The van der Waals surface area contributed by atoms with E-state index in [2.05, 4.69) is 19.2 Å². The van der Waals surface area contributed by atoms with Gasteiger partial charge in [-0.2, -0.15) is 17.6 Å². The molecule has 154 valence electrons. The lowest BCUT2D eigenvalue weighted by molar-refractivity contribution is -0.138. The van der Waals surface area contributed by atoms with Crippen molar-refractivity contribution in [3.8, 4) is 0 Å². The maximum absolute atomic E-state index is 14.5. The van der Waals surface area contributed by atoms with Crippen molar-refractivity contribution in [3.05, 3.63) is 53.1 Å². The molecule has 0 radical (unpaired) electrons. The maximum atomic E-state index is 14.5. The Kier molecular flexibility index (Phi) is 6.87. The molecule has 2 aromatic rings. The molecule has 1 heterocycles. The number of rotatable bonds is 7. The number of anilines is 1. The molecular weight excluding hydrogens is 376 g/mol. The van der Waals surface area contributed by atoms with E-state index in [0.29, 0.717) is 22.4 Å². The lowest BCUT2D eigenvalue weighted by atomic mass is 9.91. The Bertz CT molecular complexity index is 828. The van der Waals surface area contributed by atoms with Gasteiger partial charge in [-0.15, -0.1) is 0 Å². The van der Waals surface area contributed by atoms with Gasteiger partial charge in [0.1, 0.15) is 12.3 Å². The fourth-order valence-electron chi connectivity index (χ4n) is 3.26. The van der Waals surface area contributed by atoms with Gasteiger partial charge in [-0.05, 0) is 29.9 Å². The van der Waals surface area contributed by atoms with Crippen LogP contribution in [0.3, 0.4) is 0 Å². The first-order valence-electron chi connectivity index (χ1n) is 8.91. The number of nitrogens with one attached hydrogen (secondary N) is 1. The van der Waals surface area contributed by atoms with Gasteiger partial charge in [-0.1, -0.05) is 39.0 Å². The van der Waals surface area contributed by atoms with Crippen molar-refractivity contribution in [1.82, 2.24) is 4.57 Å². The van der Waals surface area contributed by atoms with Gasteiger partial charge >= 0.3 is 6.18 Å². The van der Waals surface area contributed by atoms with Gasteiger partial charge in [-0.3, -0.25) is 9.36 Å². The van der Waals surface area contributed by atoms with Gasteiger partial charge in [0.05, 0.1) is 5.56 Å². The van der Waals surface area contributed by atoms with Crippen LogP contribution in [0.15, 0.2) is 30.5 Å². The van der Waals surface area contributed by atoms with Crippen LogP contribution in [0.4, 0.5) is 23.2 Å². The number of ether oxygens (including phenoxy) is 1. The third kappa shape index (κ3) is 4.92. The van der Waals surface area contributed by atoms with E-state index in [1.54, 1.807) is 24.3 Å². The molecule has 0 aliphatic heterocycles. The summed E-state index contributed by atoms with van der Waals surface area (Å²) in [6.45, 7) is 5.65. The molecule has 1 aromatic heterocycles. The monoisotopic (exact) mass is 400 g/mol. The van der Waals surface area contributed by atoms with Crippen LogP contribution in [0.5, 0.6) is 0 Å². The summed E-state index contributed by atoms with van der Waals surface area (Å²) in [5, 5.41) is 2.46. The predicted molar refractivity (Wildman–Crippen MR) is 98.7 cm³/mol. The number of aromatic nitrogens is 1. The highest BCUT2D eigenvalue weighted by Crippen LogP contribution is 2.35. The first-order chi connectivity index (χ1) is 13.1. The third-order valence-corrected chi connectivity index (χ3v) is 4.38. The van der Waals surface area contributed by atoms with Crippen molar-refractivity contribution in [2.75, 3.05) is 12.4 Å². The van der Waals surface area contributed by atoms with Gasteiger partial charge in [-0.25, -0.2) is 0 Å². The Morgan fingerprint density at radius 2 is 1.86 bits per heavy atom. The number of hydrogen-bond acceptors (Lipinski definition) is 2. The summed E-state index contributed by atoms with van der Waals surface area (Å²) >= 11 is 0. The Morgan fingerprint density at radius 3 is 2.43 bits per heavy atom. The molecule has 1 amide bonds. The molecule has 2 rings (SSSR count). The summed E-state index contributed by atoms with van der Waals surface area (Å²) in [6.07, 6.45) is -3.50. The molecule has 0 saturated carbocycles. The molecular formula is C20H24F4N2O2. The standard InChI is InChI=1S/C20H24F4N2O2/c1-12(2)9-13(3)14-7-5-6-8-16(14)25-19(27)17-15(20(22,23)24)10-26(11-28-4)18(17)21/h5-8,10,12-13H,9,11H2,1-4H3,(H,25,27). The molecule has 8 heteroatoms. The van der Waals surface area contributed by atoms with Gasteiger partial charge in [0.15, 0.2) is 0 Å². The number of amides is 1. The van der Waals surface area contributed by atoms with Crippen molar-refractivity contribution < 1.29 is 27.1 Å². The molecule has 4 nitrogen and oxygen atoms in total. The molecule has 0 saturated heterocycles. The second-order valence-electron chi connectivity index (χ2n) is 7.17. The van der Waals surface area contributed by atoms with E-state index in [1.165, 1.54) is 7.11 Å². The largest absolute Gasteiger partial charge is 0.418 e. The molecule has 1 atom stereocenters. The van der Waals surface area contributed by atoms with Gasteiger partial charge in [0.25, 0.3) is 5.91 Å². The molecule has 28 heavy (non-hydrogen) atoms. The van der Waals surface area contributed by atoms with Gasteiger partial charge in [0, 0.05) is 19.0 Å². The molecule has 0 fully saturated rings. The first-order valence-corrected chi connectivity index (χ1v) is 8.91. The minimum Gasteiger partial charge on any atom is -0.364 e. The fraction of sp³-hybridized carbons (Fsp3) is 0.450. The first kappa shape index (κ1) is 21.9. The summed E-state index contributed by atoms with van der Waals surface area (Å²) in [7, 11) is 1.22. The number of methoxy groups -OCH3 is 1. The van der Waals surface area contributed by atoms with Gasteiger partial charge in [0.2, 0.25) is 5.95 Å². The summed E-state index contributed by atoms with van der Waals surface area (Å²) in [5.41, 5.74) is -1.23. The van der Waals surface area contributed by atoms with E-state index in [-0.39, 0.29) is 5.92 Å². The van der Waals surface area contributed by atoms with Crippen molar-refractivity contribution in [3.63, 3.8) is 0 Å². The number of para-hydroxylation sites is 1. The van der Waals surface area contributed by atoms with E-state index in [0.717, 1.165) is 12.0 Å². The Labute approximate surface area is 161 Å². The number of benzene rings is 1. The predicted octanol–water partition coefficient (Wildman–Crippen LogP) is 5.65. The van der Waals surface area contributed by atoms with Crippen molar-refractivity contribution >= 4 is 11.6 Å². The smallest absolute Gasteiger partial charge is 0.364 e. The van der Waals surface area contributed by atoms with E-state index < -0.39 is 35.9 Å². The summed E-state index contributed by atoms with van der Waals surface area (Å²) in [5.74, 6) is -1.97. The third-order valence-electron chi connectivity index (χ3n) is 4.38. The fourth-order valence-corrected chi connectivity index (χ4v) is 3.26. The van der Waals surface area contributed by atoms with Crippen LogP contribution in [-0.2, 0) is 17.6 Å². The van der Waals surface area contributed by atoms with Crippen molar-refractivity contribution in [1.29, 1.82) is 0 Å². The van der Waals surface area contributed by atoms with Crippen LogP contribution in [-0.4, -0.2) is 17.6 Å². The summed E-state index contributed by atoms with van der Waals surface area (Å²) < 4.78 is 59.8. The number of alkyl halides is 3. The molecule has 0 spiro atoms. The SMILES string of the molecule is COCn1cc(C(F)(F)F)c(C(=O)Nc2ccccc2C(C)CC(C)C)c1F. The lowest BCUT2D eigenvalue weighted by Gasteiger charge is -2.19. The van der Waals surface area contributed by atoms with E-state index >= 15 is 0 Å². The summed E-state index contributed by atoms with van der Waals surface area (Å²) in [6, 6.07) is 6.86. The average Bonchev–Trinajstić information content (AvgIpc) is 2.92. The number of carbonyl (C=O) groups excluding carboxylic acids is 1. The average molecular weight is 400 g/mol. The molecule has 0 bridgehead atoms. The summed E-state index contributed by atoms with van der Waals surface area (Å²) in [4.78, 5) is 12.6. The zero-order valence-electron chi connectivity index (χ0n) is 16.2. The van der Waals surface area contributed by atoms with Crippen LogP contribution in [0.25, 0.3) is 0 Å². The Hall–Kier alpha value is -2.35. The minimum atomic E-state index is -4.88. The maximum Gasteiger partial charge on any atom is 0.418 e. The van der Waals surface area contributed by atoms with Crippen molar-refractivity contribution in [2.24, 2.45) is 5.92 Å². The zero-order valence-corrected chi connectivity index (χ0v) is 16.2. The highest BCUT2D eigenvalue weighted by molar-refractivity contribution is 6.06. The Morgan fingerprint density at radius 1 is 1.21 bits per heavy atom. The number of carbonyl (C=O) groups is 1. The second kappa shape index (κ2) is 8.77. The Balaban J connectivity index is 2.41. The second-order valence-corrected chi connectivity index (χ2v) is 7.17. The highest BCUT2D eigenvalue weighted by atomic mass is 19.4. The van der Waals surface area contributed by atoms with Crippen molar-refractivity contribution in [2.45, 2.75) is 46.0 Å². The van der Waals surface area contributed by atoms with E-state index in [9.17, 15) is 22.4 Å². The number of hydrogen-bond donors (Lipinski definition) is 1. The van der Waals surface area contributed by atoms with E-state index in [1.807, 2.05) is 6.92 Å².